The van der Waals surface area contributed by atoms with Gasteiger partial charge in [0, 0.05) is 11.6 Å². The summed E-state index contributed by atoms with van der Waals surface area (Å²) in [4.78, 5) is 0. The van der Waals surface area contributed by atoms with Crippen LogP contribution >= 0.6 is 23.8 Å². The molecular weight excluding hydrogens is 330 g/mol. The van der Waals surface area contributed by atoms with Crippen molar-refractivity contribution in [2.75, 3.05) is 12.4 Å². The molecule has 116 valence electrons. The molecule has 0 bridgehead atoms. The van der Waals surface area contributed by atoms with Gasteiger partial charge in [0.2, 0.25) is 0 Å². The van der Waals surface area contributed by atoms with Gasteiger partial charge >= 0.3 is 0 Å². The Morgan fingerprint density at radius 3 is 2.64 bits per heavy atom. The molecule has 0 unspecified atom stereocenters. The predicted molar refractivity (Wildman–Crippen MR) is 87.4 cm³/mol. The van der Waals surface area contributed by atoms with Gasteiger partial charge in [-0.05, 0) is 48.1 Å². The SMILES string of the molecule is COc1ccc(Cl)cc1NC(=S)NCc1ccc(F)c(F)c1. The Balaban J connectivity index is 1.98. The minimum Gasteiger partial charge on any atom is -0.495 e. The van der Waals surface area contributed by atoms with Gasteiger partial charge in [0.1, 0.15) is 5.75 Å². The summed E-state index contributed by atoms with van der Waals surface area (Å²) in [6.45, 7) is 0.256. The van der Waals surface area contributed by atoms with Crippen molar-refractivity contribution in [3.05, 3.63) is 58.6 Å². The molecule has 7 heteroatoms. The zero-order chi connectivity index (χ0) is 16.1. The van der Waals surface area contributed by atoms with Gasteiger partial charge in [0.15, 0.2) is 16.7 Å². The number of nitrogens with one attached hydrogen (secondary N) is 2. The number of anilines is 1. The average Bonchev–Trinajstić information content (AvgIpc) is 2.49. The highest BCUT2D eigenvalue weighted by Crippen LogP contribution is 2.27. The van der Waals surface area contributed by atoms with Crippen LogP contribution in [0.25, 0.3) is 0 Å². The van der Waals surface area contributed by atoms with Crippen molar-refractivity contribution in [1.29, 1.82) is 0 Å². The maximum absolute atomic E-state index is 13.1. The Morgan fingerprint density at radius 1 is 1.18 bits per heavy atom. The van der Waals surface area contributed by atoms with E-state index in [0.29, 0.717) is 27.1 Å². The molecule has 0 spiro atoms. The molecule has 2 N–H and O–H groups in total. The van der Waals surface area contributed by atoms with Crippen LogP contribution in [0.3, 0.4) is 0 Å². The Bertz CT molecular complexity index is 697. The van der Waals surface area contributed by atoms with E-state index < -0.39 is 11.6 Å². The highest BCUT2D eigenvalue weighted by molar-refractivity contribution is 7.80. The fraction of sp³-hybridized carbons (Fsp3) is 0.133. The van der Waals surface area contributed by atoms with Crippen molar-refractivity contribution in [1.82, 2.24) is 5.32 Å². The predicted octanol–water partition coefficient (Wildman–Crippen LogP) is 4.11. The zero-order valence-electron chi connectivity index (χ0n) is 11.6. The first kappa shape index (κ1) is 16.5. The molecule has 0 aliphatic carbocycles. The molecule has 0 saturated heterocycles. The maximum Gasteiger partial charge on any atom is 0.171 e. The van der Waals surface area contributed by atoms with E-state index in [0.717, 1.165) is 12.1 Å². The van der Waals surface area contributed by atoms with Gasteiger partial charge in [0.05, 0.1) is 12.8 Å². The van der Waals surface area contributed by atoms with E-state index in [1.54, 1.807) is 18.2 Å². The van der Waals surface area contributed by atoms with E-state index in [1.807, 2.05) is 0 Å². The summed E-state index contributed by atoms with van der Waals surface area (Å²) in [5.74, 6) is -1.19. The first-order chi connectivity index (χ1) is 10.5. The Labute approximate surface area is 137 Å². The third-order valence-corrected chi connectivity index (χ3v) is 3.33. The molecule has 2 aromatic carbocycles. The standard InChI is InChI=1S/C15H13ClF2N2OS/c1-21-14-5-3-10(16)7-13(14)20-15(22)19-8-9-2-4-11(17)12(18)6-9/h2-7H,8H2,1H3,(H2,19,20,22). The van der Waals surface area contributed by atoms with Gasteiger partial charge in [-0.3, -0.25) is 0 Å². The topological polar surface area (TPSA) is 33.3 Å². The van der Waals surface area contributed by atoms with Gasteiger partial charge in [-0.1, -0.05) is 17.7 Å². The van der Waals surface area contributed by atoms with Gasteiger partial charge in [-0.2, -0.15) is 0 Å². The van der Waals surface area contributed by atoms with Crippen LogP contribution in [0.2, 0.25) is 5.02 Å². The highest BCUT2D eigenvalue weighted by Gasteiger charge is 2.07. The van der Waals surface area contributed by atoms with Gasteiger partial charge < -0.3 is 15.4 Å². The third-order valence-electron chi connectivity index (χ3n) is 2.85. The first-order valence-electron chi connectivity index (χ1n) is 6.32. The molecule has 0 heterocycles. The molecule has 0 atom stereocenters. The molecule has 0 aliphatic heterocycles. The number of ether oxygens (including phenoxy) is 1. The number of rotatable bonds is 4. The average molecular weight is 343 g/mol. The quantitative estimate of drug-likeness (QED) is 0.819. The van der Waals surface area contributed by atoms with E-state index in [1.165, 1.54) is 13.2 Å². The lowest BCUT2D eigenvalue weighted by molar-refractivity contribution is 0.417. The van der Waals surface area contributed by atoms with Gasteiger partial charge in [0.25, 0.3) is 0 Å². The van der Waals surface area contributed by atoms with Crippen LogP contribution in [-0.4, -0.2) is 12.2 Å². The maximum atomic E-state index is 13.1. The number of hydrogen-bond acceptors (Lipinski definition) is 2. The summed E-state index contributed by atoms with van der Waals surface area (Å²) in [5, 5.41) is 6.68. The summed E-state index contributed by atoms with van der Waals surface area (Å²) < 4.78 is 31.2. The fourth-order valence-electron chi connectivity index (χ4n) is 1.78. The fourth-order valence-corrected chi connectivity index (χ4v) is 2.13. The van der Waals surface area contributed by atoms with Crippen molar-refractivity contribution in [3.63, 3.8) is 0 Å². The summed E-state index contributed by atoms with van der Waals surface area (Å²) in [6, 6.07) is 8.75. The molecule has 2 aromatic rings. The van der Waals surface area contributed by atoms with Crippen molar-refractivity contribution in [2.24, 2.45) is 0 Å². The second kappa shape index (κ2) is 7.38. The molecule has 0 radical (unpaired) electrons. The molecular formula is C15H13ClF2N2OS. The largest absolute Gasteiger partial charge is 0.495 e. The van der Waals surface area contributed by atoms with E-state index in [2.05, 4.69) is 10.6 Å². The number of hydrogen-bond donors (Lipinski definition) is 2. The van der Waals surface area contributed by atoms with Gasteiger partial charge in [-0.25, -0.2) is 8.78 Å². The van der Waals surface area contributed by atoms with Crippen LogP contribution in [0.15, 0.2) is 36.4 Å². The van der Waals surface area contributed by atoms with E-state index in [4.69, 9.17) is 28.6 Å². The summed E-state index contributed by atoms with van der Waals surface area (Å²) >= 11 is 11.1. The lowest BCUT2D eigenvalue weighted by Crippen LogP contribution is -2.28. The Morgan fingerprint density at radius 2 is 1.95 bits per heavy atom. The Hall–Kier alpha value is -1.92. The first-order valence-corrected chi connectivity index (χ1v) is 7.10. The number of thiocarbonyl (C=S) groups is 1. The number of methoxy groups -OCH3 is 1. The zero-order valence-corrected chi connectivity index (χ0v) is 13.2. The van der Waals surface area contributed by atoms with Crippen LogP contribution in [0.5, 0.6) is 5.75 Å². The minimum absolute atomic E-state index is 0.256. The van der Waals surface area contributed by atoms with E-state index >= 15 is 0 Å². The molecule has 0 aromatic heterocycles. The molecule has 3 nitrogen and oxygen atoms in total. The van der Waals surface area contributed by atoms with Crippen molar-refractivity contribution < 1.29 is 13.5 Å². The monoisotopic (exact) mass is 342 g/mol. The van der Waals surface area contributed by atoms with Crippen LogP contribution in [0.4, 0.5) is 14.5 Å². The van der Waals surface area contributed by atoms with Crippen molar-refractivity contribution in [3.8, 4) is 5.75 Å². The summed E-state index contributed by atoms with van der Waals surface area (Å²) in [5.41, 5.74) is 1.18. The lowest BCUT2D eigenvalue weighted by Gasteiger charge is -2.13. The third kappa shape index (κ3) is 4.29. The lowest BCUT2D eigenvalue weighted by atomic mass is 10.2. The molecule has 0 saturated carbocycles. The smallest absolute Gasteiger partial charge is 0.171 e. The van der Waals surface area contributed by atoms with Crippen LogP contribution in [-0.2, 0) is 6.54 Å². The van der Waals surface area contributed by atoms with Crippen molar-refractivity contribution >= 4 is 34.6 Å². The second-order valence-electron chi connectivity index (χ2n) is 4.40. The van der Waals surface area contributed by atoms with Crippen LogP contribution in [0, 0.1) is 11.6 Å². The highest BCUT2D eigenvalue weighted by atomic mass is 35.5. The van der Waals surface area contributed by atoms with Crippen LogP contribution < -0.4 is 15.4 Å². The normalized spacial score (nSPS) is 10.2. The Kier molecular flexibility index (Phi) is 5.51. The number of benzene rings is 2. The molecule has 22 heavy (non-hydrogen) atoms. The molecule has 0 amide bonds. The van der Waals surface area contributed by atoms with Crippen LogP contribution in [0.1, 0.15) is 5.56 Å². The van der Waals surface area contributed by atoms with Gasteiger partial charge in [-0.15, -0.1) is 0 Å². The summed E-state index contributed by atoms with van der Waals surface area (Å²) in [7, 11) is 1.53. The van der Waals surface area contributed by atoms with Crippen molar-refractivity contribution in [2.45, 2.75) is 6.54 Å². The number of halogens is 3. The molecule has 0 fully saturated rings. The second-order valence-corrected chi connectivity index (χ2v) is 5.25. The molecule has 0 aliphatic rings. The van der Waals surface area contributed by atoms with E-state index in [9.17, 15) is 8.78 Å². The van der Waals surface area contributed by atoms with E-state index in [-0.39, 0.29) is 6.54 Å². The summed E-state index contributed by atoms with van der Waals surface area (Å²) in [6.07, 6.45) is 0. The molecule has 2 rings (SSSR count). The minimum atomic E-state index is -0.894.